The van der Waals surface area contributed by atoms with Crippen LogP contribution < -0.4 is 41.7 Å². The van der Waals surface area contributed by atoms with E-state index in [9.17, 15) is 19.2 Å². The quantitative estimate of drug-likeness (QED) is 0.103. The molecule has 8 aromatic heterocycles. The zero-order valence-electron chi connectivity index (χ0n) is 57.1. The number of ether oxygens (including phenoxy) is 4. The molecule has 32 nitrogen and oxygen atoms in total. The van der Waals surface area contributed by atoms with Crippen LogP contribution in [0, 0.1) is 38.2 Å². The Balaban J connectivity index is 0.000000143. The van der Waals surface area contributed by atoms with Gasteiger partial charge in [-0.25, -0.2) is 19.2 Å². The Morgan fingerprint density at radius 2 is 0.747 bits per heavy atom. The average Bonchev–Trinajstić information content (AvgIpc) is 1.68. The lowest BCUT2D eigenvalue weighted by molar-refractivity contribution is 0.301. The molecular weight excluding hydrogens is 1340 g/mol. The number of para-hydroxylation sites is 4. The molecule has 0 aliphatic heterocycles. The van der Waals surface area contributed by atoms with Crippen LogP contribution in [0.15, 0.2) is 141 Å². The summed E-state index contributed by atoms with van der Waals surface area (Å²) in [7, 11) is 6.07. The van der Waals surface area contributed by atoms with E-state index in [1.165, 1.54) is 28.2 Å². The molecule has 488 valence electrons. The number of rotatable bonds is 18. The van der Waals surface area contributed by atoms with Gasteiger partial charge in [-0.15, -0.1) is 39.1 Å². The first-order valence-corrected chi connectivity index (χ1v) is 30.3. The largest absolute Gasteiger partial charge is 0.488 e. The Labute approximate surface area is 560 Å². The monoisotopic (exact) mass is 1410 g/mol. The first-order chi connectivity index (χ1) is 47.5. The lowest BCUT2D eigenvalue weighted by Gasteiger charge is -2.14. The van der Waals surface area contributed by atoms with Gasteiger partial charge in [-0.1, -0.05) is 79.6 Å². The highest BCUT2D eigenvalue weighted by atomic mass is 127. The van der Waals surface area contributed by atoms with Crippen molar-refractivity contribution in [3.8, 4) is 46.3 Å². The van der Waals surface area contributed by atoms with E-state index in [0.29, 0.717) is 88.1 Å². The van der Waals surface area contributed by atoms with Crippen LogP contribution in [0.4, 0.5) is 0 Å². The Morgan fingerprint density at radius 1 is 0.421 bits per heavy atom. The molecule has 33 heteroatoms. The van der Waals surface area contributed by atoms with Gasteiger partial charge in [0.1, 0.15) is 49.4 Å². The molecular formula is C62H65IN24O8. The van der Waals surface area contributed by atoms with Gasteiger partial charge in [-0.3, -0.25) is 0 Å². The third-order valence-electron chi connectivity index (χ3n) is 14.7. The smallest absolute Gasteiger partial charge is 0.369 e. The van der Waals surface area contributed by atoms with E-state index in [-0.39, 0.29) is 37.9 Å². The highest BCUT2D eigenvalue weighted by molar-refractivity contribution is 14.1. The van der Waals surface area contributed by atoms with E-state index >= 15 is 0 Å². The fourth-order valence-corrected chi connectivity index (χ4v) is 9.61. The van der Waals surface area contributed by atoms with Gasteiger partial charge in [-0.2, -0.15) is 39.1 Å². The van der Waals surface area contributed by atoms with Gasteiger partial charge in [0.25, 0.3) is 0 Å². The van der Waals surface area contributed by atoms with Gasteiger partial charge in [-0.05, 0) is 187 Å². The Hall–Kier alpha value is -11.4. The maximum Gasteiger partial charge on any atom is 0.369 e. The van der Waals surface area contributed by atoms with E-state index < -0.39 is 17.1 Å². The Bertz CT molecular complexity index is 5010. The molecule has 4 aromatic carbocycles. The Kier molecular flexibility index (Phi) is 19.5. The molecule has 13 rings (SSSR count). The SMILES string of the molecule is [3H]c1ccc(OCc2c(C)cnnc2-n2nnn(C)c2=O)c(C)c1.[3H]c1ccc(OCc2c(C3CC3)cnnc2-n2nnn(C)c2=O)c(C)c1.[3H]c1ccc(OCc2c(CC)cnnc2-n2nnn(C)c2=O)c(C)c1.[3H]c1ccc(OCc2c(I)cnnc2-n2nnn(C)c2=O)c(C)c1. The van der Waals surface area contributed by atoms with Gasteiger partial charge in [0.2, 0.25) is 0 Å². The van der Waals surface area contributed by atoms with Crippen molar-refractivity contribution < 1.29 is 24.4 Å². The van der Waals surface area contributed by atoms with Crippen molar-refractivity contribution in [2.45, 2.75) is 93.2 Å². The molecule has 0 spiro atoms. The number of halogens is 1. The molecule has 8 heterocycles. The molecule has 0 unspecified atom stereocenters. The lowest BCUT2D eigenvalue weighted by atomic mass is 10.1. The molecule has 1 aliphatic carbocycles. The molecule has 0 saturated heterocycles. The number of hydrogen-bond donors (Lipinski definition) is 0. The lowest BCUT2D eigenvalue weighted by Crippen LogP contribution is -2.25. The second-order valence-electron chi connectivity index (χ2n) is 21.3. The van der Waals surface area contributed by atoms with Crippen LogP contribution >= 0.6 is 22.6 Å². The van der Waals surface area contributed by atoms with Gasteiger partial charge >= 0.3 is 22.8 Å². The van der Waals surface area contributed by atoms with Crippen molar-refractivity contribution in [2.24, 2.45) is 28.2 Å². The van der Waals surface area contributed by atoms with Gasteiger partial charge in [0.15, 0.2) is 23.3 Å². The van der Waals surface area contributed by atoms with Crippen LogP contribution in [0.25, 0.3) is 23.3 Å². The zero-order valence-corrected chi connectivity index (χ0v) is 55.3. The molecule has 95 heavy (non-hydrogen) atoms. The van der Waals surface area contributed by atoms with Crippen molar-refractivity contribution in [2.75, 3.05) is 0 Å². The molecule has 1 saturated carbocycles. The highest BCUT2D eigenvalue weighted by Crippen LogP contribution is 2.42. The predicted octanol–water partition coefficient (Wildman–Crippen LogP) is 4.93. The second kappa shape index (κ2) is 30.4. The van der Waals surface area contributed by atoms with Crippen LogP contribution in [-0.2, 0) is 61.0 Å². The van der Waals surface area contributed by atoms with E-state index in [4.69, 9.17) is 24.4 Å². The van der Waals surface area contributed by atoms with Crippen molar-refractivity contribution in [3.63, 3.8) is 0 Å². The molecule has 0 radical (unpaired) electrons. The molecule has 1 aliphatic rings. The fourth-order valence-electron chi connectivity index (χ4n) is 9.09. The van der Waals surface area contributed by atoms with E-state index in [1.807, 2.05) is 41.5 Å². The molecule has 0 bridgehead atoms. The summed E-state index contributed by atoms with van der Waals surface area (Å²) in [6.45, 7) is 12.2. The number of aromatic nitrogens is 24. The van der Waals surface area contributed by atoms with Crippen molar-refractivity contribution in [1.29, 1.82) is 0 Å². The number of hydrogen-bond acceptors (Lipinski definition) is 24. The van der Waals surface area contributed by atoms with Crippen LogP contribution in [0.3, 0.4) is 0 Å². The van der Waals surface area contributed by atoms with E-state index in [2.05, 4.69) is 105 Å². The normalized spacial score (nSPS) is 12.2. The maximum atomic E-state index is 12.3. The minimum atomic E-state index is -0.415. The van der Waals surface area contributed by atoms with Gasteiger partial charge in [0, 0.05) is 48.5 Å². The molecule has 1 fully saturated rings. The first-order valence-electron chi connectivity index (χ1n) is 31.3. The summed E-state index contributed by atoms with van der Waals surface area (Å²) in [5, 5.41) is 62.2. The average molecular weight is 1410 g/mol. The summed E-state index contributed by atoms with van der Waals surface area (Å²) in [5.74, 6) is 4.35. The molecule has 0 amide bonds. The van der Waals surface area contributed by atoms with E-state index in [1.54, 1.807) is 97.6 Å². The minimum Gasteiger partial charge on any atom is -0.488 e. The van der Waals surface area contributed by atoms with Crippen LogP contribution in [0.2, 0.25) is 0 Å². The van der Waals surface area contributed by atoms with Crippen LogP contribution in [-0.4, -0.2) is 120 Å². The topological polar surface area (TPSA) is 351 Å². The molecule has 0 atom stereocenters. The maximum absolute atomic E-state index is 12.3. The van der Waals surface area contributed by atoms with Gasteiger partial charge in [0.05, 0.1) is 35.8 Å². The number of aryl methyl sites for hydroxylation is 10. The van der Waals surface area contributed by atoms with Crippen molar-refractivity contribution in [3.05, 3.63) is 228 Å². The summed E-state index contributed by atoms with van der Waals surface area (Å²) in [5.41, 5.74) is 7.52. The van der Waals surface area contributed by atoms with Crippen molar-refractivity contribution in [1.82, 2.24) is 120 Å². The van der Waals surface area contributed by atoms with Crippen LogP contribution in [0.1, 0.15) is 92.4 Å². The van der Waals surface area contributed by atoms with E-state index in [0.717, 1.165) is 104 Å². The third kappa shape index (κ3) is 15.6. The third-order valence-corrected chi connectivity index (χ3v) is 15.6. The minimum absolute atomic E-state index is 0.185. The second-order valence-corrected chi connectivity index (χ2v) is 22.5. The summed E-state index contributed by atoms with van der Waals surface area (Å²) in [6.07, 6.45) is 9.46. The predicted molar refractivity (Wildman–Crippen MR) is 350 cm³/mol. The molecule has 0 N–H and O–H groups in total. The van der Waals surface area contributed by atoms with Crippen LogP contribution in [0.5, 0.6) is 23.0 Å². The van der Waals surface area contributed by atoms with Gasteiger partial charge < -0.3 is 18.9 Å². The summed E-state index contributed by atoms with van der Waals surface area (Å²) in [4.78, 5) is 48.6. The standard InChI is InChI=1S/C17H18N6O2.C16H18N6O2.C15H16N6O2.C14H13IN6O2/c1-11-5-3-4-6-15(11)25-10-14-13(12-7-8-12)9-18-19-16(14)23-17(24)22(2)20-21-23;1-4-12-9-17-18-15(22-16(23)21(3)19-20-22)13(12)10-24-14-8-6-5-7-11(14)2;1-10-6-4-5-7-13(10)23-9-12-11(2)8-16-17-14(12)21-15(22)20(3)18-19-21;1-9-5-3-4-6-12(9)23-8-10-11(15)7-16-17-13(10)21-14(22)20(2)18-19-21/h3-6,9,12H,7-8,10H2,1-2H3;5-9H,4,10H2,1-3H3;4-8H,9H2,1-3H3;3-7H,8H2,1-2H3/i3T;5T;4T;3T. The summed E-state index contributed by atoms with van der Waals surface area (Å²) >= 11 is 2.11. The Morgan fingerprint density at radius 3 is 1.12 bits per heavy atom. The molecule has 12 aromatic rings. The number of tetrazole rings is 4. The van der Waals surface area contributed by atoms with Crippen molar-refractivity contribution >= 4 is 22.6 Å². The summed E-state index contributed by atoms with van der Waals surface area (Å²) in [6, 6.07) is 22.3. The summed E-state index contributed by atoms with van der Waals surface area (Å²) < 4.78 is 63.8. The fraction of sp³-hybridized carbons (Fsp3) is 0.290. The zero-order chi connectivity index (χ0) is 70.8. The highest BCUT2D eigenvalue weighted by Gasteiger charge is 2.30. The first kappa shape index (κ1) is 61.1. The number of nitrogens with zero attached hydrogens (tertiary/aromatic N) is 24. The number of benzene rings is 4.